The second-order valence-corrected chi connectivity index (χ2v) is 9.23. The Morgan fingerprint density at radius 2 is 1.65 bits per heavy atom. The lowest BCUT2D eigenvalue weighted by Crippen LogP contribution is -2.44. The van der Waals surface area contributed by atoms with E-state index < -0.39 is 17.6 Å². The van der Waals surface area contributed by atoms with E-state index in [2.05, 4.69) is 20.9 Å². The van der Waals surface area contributed by atoms with Crippen molar-refractivity contribution in [3.63, 3.8) is 0 Å². The van der Waals surface area contributed by atoms with Crippen LogP contribution >= 0.6 is 23.2 Å². The molecule has 2 amide bonds. The second-order valence-electron chi connectivity index (χ2n) is 8.38. The molecule has 0 unspecified atom stereocenters. The zero-order valence-corrected chi connectivity index (χ0v) is 20.1. The fourth-order valence-electron chi connectivity index (χ4n) is 3.33. The van der Waals surface area contributed by atoms with Gasteiger partial charge >= 0.3 is 6.09 Å². The van der Waals surface area contributed by atoms with Gasteiger partial charge in [-0.2, -0.15) is 5.10 Å². The van der Waals surface area contributed by atoms with Gasteiger partial charge in [-0.25, -0.2) is 19.7 Å². The fraction of sp³-hybridized carbons (Fsp3) is 0.167. The summed E-state index contributed by atoms with van der Waals surface area (Å²) in [5, 5.41) is 5.55. The molecule has 0 aliphatic heterocycles. The highest BCUT2D eigenvalue weighted by atomic mass is 35.5. The summed E-state index contributed by atoms with van der Waals surface area (Å²) in [6.45, 7) is 5.16. The highest BCUT2D eigenvalue weighted by Crippen LogP contribution is 2.36. The number of halogens is 2. The van der Waals surface area contributed by atoms with Crippen LogP contribution in [0.4, 0.5) is 4.79 Å². The number of carbonyl (C=O) groups is 2. The van der Waals surface area contributed by atoms with Gasteiger partial charge in [-0.1, -0.05) is 53.5 Å². The number of hydrazine groups is 1. The van der Waals surface area contributed by atoms with Crippen molar-refractivity contribution in [3.8, 4) is 22.4 Å². The summed E-state index contributed by atoms with van der Waals surface area (Å²) >= 11 is 12.6. The number of hydrogen-bond donors (Lipinski definition) is 2. The molecule has 0 bridgehead atoms. The largest absolute Gasteiger partial charge is 0.443 e. The Hall–Kier alpha value is -3.62. The minimum Gasteiger partial charge on any atom is -0.443 e. The van der Waals surface area contributed by atoms with E-state index in [4.69, 9.17) is 27.9 Å². The van der Waals surface area contributed by atoms with Crippen LogP contribution in [0.1, 0.15) is 31.1 Å². The first-order valence-electron chi connectivity index (χ1n) is 10.3. The topological polar surface area (TPSA) is 97.6 Å². The summed E-state index contributed by atoms with van der Waals surface area (Å²) in [5.41, 5.74) is 7.27. The number of rotatable bonds is 3. The summed E-state index contributed by atoms with van der Waals surface area (Å²) in [6.07, 6.45) is 2.23. The van der Waals surface area contributed by atoms with E-state index in [1.807, 2.05) is 30.3 Å². The van der Waals surface area contributed by atoms with Gasteiger partial charge in [-0.3, -0.25) is 10.2 Å². The van der Waals surface area contributed by atoms with Crippen molar-refractivity contribution >= 4 is 40.8 Å². The lowest BCUT2D eigenvalue weighted by molar-refractivity contribution is 0.0483. The number of carbonyl (C=O) groups excluding carboxylic acids is 2. The van der Waals surface area contributed by atoms with Gasteiger partial charge in [0, 0.05) is 32.9 Å². The van der Waals surface area contributed by atoms with Gasteiger partial charge < -0.3 is 4.74 Å². The fourth-order valence-corrected chi connectivity index (χ4v) is 3.70. The molecule has 8 nitrogen and oxygen atoms in total. The third-order valence-corrected chi connectivity index (χ3v) is 5.31. The van der Waals surface area contributed by atoms with Crippen molar-refractivity contribution in [2.24, 2.45) is 0 Å². The van der Waals surface area contributed by atoms with E-state index in [9.17, 15) is 9.59 Å². The van der Waals surface area contributed by atoms with E-state index in [1.54, 1.807) is 49.7 Å². The maximum Gasteiger partial charge on any atom is 0.426 e. The highest BCUT2D eigenvalue weighted by Gasteiger charge is 2.22. The van der Waals surface area contributed by atoms with Crippen molar-refractivity contribution < 1.29 is 14.3 Å². The molecule has 0 fully saturated rings. The zero-order valence-electron chi connectivity index (χ0n) is 18.6. The molecule has 0 atom stereocenters. The third kappa shape index (κ3) is 4.98. The number of nitrogens with zero attached hydrogens (tertiary/aromatic N) is 3. The monoisotopic (exact) mass is 497 g/mol. The molecule has 0 spiro atoms. The first-order valence-corrected chi connectivity index (χ1v) is 11.1. The van der Waals surface area contributed by atoms with Gasteiger partial charge in [-0.15, -0.1) is 0 Å². The molecular formula is C24H21Cl2N5O3. The Kier molecular flexibility index (Phi) is 6.45. The number of nitrogens with one attached hydrogen (secondary N) is 2. The smallest absolute Gasteiger partial charge is 0.426 e. The normalized spacial score (nSPS) is 11.3. The van der Waals surface area contributed by atoms with Gasteiger partial charge in [0.15, 0.2) is 5.65 Å². The maximum atomic E-state index is 12.8. The summed E-state index contributed by atoms with van der Waals surface area (Å²) in [5.74, 6) is -0.596. The first kappa shape index (κ1) is 23.5. The molecule has 0 aliphatic rings. The van der Waals surface area contributed by atoms with Crippen molar-refractivity contribution in [3.05, 3.63) is 76.5 Å². The summed E-state index contributed by atoms with van der Waals surface area (Å²) < 4.78 is 6.69. The van der Waals surface area contributed by atoms with Crippen molar-refractivity contribution in [1.82, 2.24) is 25.4 Å². The van der Waals surface area contributed by atoms with Crippen LogP contribution in [0.5, 0.6) is 0 Å². The van der Waals surface area contributed by atoms with Gasteiger partial charge in [0.25, 0.3) is 5.91 Å². The standard InChI is InChI=1S/C24H21Cl2N5O3/c1-24(2,3)34-23(33)30-29-22(32)18-13-28-31-20(14-8-10-15(25)11-9-14)17(12-27-21(18)31)16-6-4-5-7-19(16)26/h4-13H,1-3H3,(H,29,32)(H,30,33). The lowest BCUT2D eigenvalue weighted by Gasteiger charge is -2.19. The van der Waals surface area contributed by atoms with Gasteiger partial charge in [0.2, 0.25) is 0 Å². The number of fused-ring (bicyclic) bond motifs is 1. The van der Waals surface area contributed by atoms with E-state index >= 15 is 0 Å². The van der Waals surface area contributed by atoms with Gasteiger partial charge in [0.1, 0.15) is 11.2 Å². The summed E-state index contributed by atoms with van der Waals surface area (Å²) in [4.78, 5) is 29.1. The van der Waals surface area contributed by atoms with Crippen LogP contribution in [0.15, 0.2) is 60.9 Å². The molecule has 0 saturated carbocycles. The molecule has 2 aromatic heterocycles. The van der Waals surface area contributed by atoms with Crippen LogP contribution in [0.2, 0.25) is 10.0 Å². The molecule has 0 radical (unpaired) electrons. The molecule has 4 aromatic rings. The Bertz CT molecular complexity index is 1380. The van der Waals surface area contributed by atoms with E-state index in [1.165, 1.54) is 6.20 Å². The molecule has 34 heavy (non-hydrogen) atoms. The highest BCUT2D eigenvalue weighted by molar-refractivity contribution is 6.33. The Balaban J connectivity index is 1.77. The van der Waals surface area contributed by atoms with Crippen molar-refractivity contribution in [1.29, 1.82) is 0 Å². The van der Waals surface area contributed by atoms with Crippen molar-refractivity contribution in [2.75, 3.05) is 0 Å². The second kappa shape index (κ2) is 9.32. The maximum absolute atomic E-state index is 12.8. The molecule has 2 aromatic carbocycles. The number of aromatic nitrogens is 3. The minimum absolute atomic E-state index is 0.164. The molecule has 0 aliphatic carbocycles. The van der Waals surface area contributed by atoms with Crippen LogP contribution in [-0.2, 0) is 4.74 Å². The molecule has 0 saturated heterocycles. The predicted octanol–water partition coefficient (Wildman–Crippen LogP) is 5.54. The van der Waals surface area contributed by atoms with Gasteiger partial charge in [-0.05, 0) is 39.0 Å². The molecular weight excluding hydrogens is 477 g/mol. The summed E-state index contributed by atoms with van der Waals surface area (Å²) in [6, 6.07) is 14.6. The number of amides is 2. The lowest BCUT2D eigenvalue weighted by atomic mass is 10.0. The third-order valence-electron chi connectivity index (χ3n) is 4.73. The SMILES string of the molecule is CC(C)(C)OC(=O)NNC(=O)c1cnn2c(-c3ccc(Cl)cc3)c(-c3ccccc3Cl)cnc12. The Morgan fingerprint density at radius 3 is 2.32 bits per heavy atom. The molecule has 4 rings (SSSR count). The molecule has 174 valence electrons. The first-order chi connectivity index (χ1) is 16.1. The number of ether oxygens (including phenoxy) is 1. The summed E-state index contributed by atoms with van der Waals surface area (Å²) in [7, 11) is 0. The van der Waals surface area contributed by atoms with Crippen LogP contribution in [0.3, 0.4) is 0 Å². The number of benzene rings is 2. The predicted molar refractivity (Wildman–Crippen MR) is 131 cm³/mol. The van der Waals surface area contributed by atoms with E-state index in [-0.39, 0.29) is 5.56 Å². The molecule has 2 heterocycles. The van der Waals surface area contributed by atoms with Crippen LogP contribution < -0.4 is 10.9 Å². The number of hydrogen-bond acceptors (Lipinski definition) is 5. The molecule has 10 heteroatoms. The van der Waals surface area contributed by atoms with Crippen LogP contribution in [-0.4, -0.2) is 32.2 Å². The minimum atomic E-state index is -0.784. The van der Waals surface area contributed by atoms with E-state index in [0.717, 1.165) is 16.7 Å². The van der Waals surface area contributed by atoms with Crippen LogP contribution in [0.25, 0.3) is 28.0 Å². The quantitative estimate of drug-likeness (QED) is 0.362. The zero-order chi connectivity index (χ0) is 24.5. The average Bonchev–Trinajstić information content (AvgIpc) is 3.21. The molecule has 2 N–H and O–H groups in total. The Morgan fingerprint density at radius 1 is 0.941 bits per heavy atom. The van der Waals surface area contributed by atoms with Crippen molar-refractivity contribution in [2.45, 2.75) is 26.4 Å². The Labute approximate surface area is 205 Å². The van der Waals surface area contributed by atoms with E-state index in [0.29, 0.717) is 21.4 Å². The average molecular weight is 498 g/mol. The van der Waals surface area contributed by atoms with Gasteiger partial charge in [0.05, 0.1) is 11.9 Å². The van der Waals surface area contributed by atoms with Crippen LogP contribution in [0, 0.1) is 0 Å².